The van der Waals surface area contributed by atoms with Crippen LogP contribution in [0, 0.1) is 0 Å². The summed E-state index contributed by atoms with van der Waals surface area (Å²) in [5.41, 5.74) is 8.92. The topological polar surface area (TPSA) is 103 Å². The van der Waals surface area contributed by atoms with Crippen LogP contribution in [0.2, 0.25) is 0 Å². The van der Waals surface area contributed by atoms with Gasteiger partial charge in [0, 0.05) is 29.3 Å². The van der Waals surface area contributed by atoms with Crippen molar-refractivity contribution in [2.75, 3.05) is 19.4 Å². The van der Waals surface area contributed by atoms with Crippen LogP contribution in [0.1, 0.15) is 23.8 Å². The molecule has 0 saturated carbocycles. The summed E-state index contributed by atoms with van der Waals surface area (Å²) in [4.78, 5) is 16.4. The molecule has 0 saturated heterocycles. The third kappa shape index (κ3) is 3.21. The van der Waals surface area contributed by atoms with E-state index in [0.717, 1.165) is 17.5 Å². The summed E-state index contributed by atoms with van der Waals surface area (Å²) in [5, 5.41) is 11.7. The first-order valence-electron chi connectivity index (χ1n) is 7.98. The van der Waals surface area contributed by atoms with E-state index in [0.29, 0.717) is 28.9 Å². The molecule has 7 heteroatoms. The molecule has 0 atom stereocenters. The van der Waals surface area contributed by atoms with Gasteiger partial charge in [-0.25, -0.2) is 0 Å². The Morgan fingerprint density at radius 1 is 1.28 bits per heavy atom. The monoisotopic (exact) mass is 337 g/mol. The van der Waals surface area contributed by atoms with Crippen LogP contribution in [0.25, 0.3) is 22.0 Å². The number of pyridine rings is 1. The zero-order chi connectivity index (χ0) is 17.8. The van der Waals surface area contributed by atoms with E-state index in [9.17, 15) is 4.79 Å². The highest BCUT2D eigenvalue weighted by Gasteiger charge is 2.17. The van der Waals surface area contributed by atoms with E-state index in [-0.39, 0.29) is 11.6 Å². The zero-order valence-corrected chi connectivity index (χ0v) is 14.1. The summed E-state index contributed by atoms with van der Waals surface area (Å²) in [6.45, 7) is 2.54. The minimum Gasteiger partial charge on any atom is -0.495 e. The zero-order valence-electron chi connectivity index (χ0n) is 14.1. The number of nitrogens with two attached hydrogens (primary N) is 1. The fourth-order valence-electron chi connectivity index (χ4n) is 2.55. The Kier molecular flexibility index (Phi) is 4.74. The largest absolute Gasteiger partial charge is 0.495 e. The lowest BCUT2D eigenvalue weighted by Crippen LogP contribution is -2.26. The average Bonchev–Trinajstić information content (AvgIpc) is 2.66. The van der Waals surface area contributed by atoms with Crippen molar-refractivity contribution < 1.29 is 9.53 Å². The van der Waals surface area contributed by atoms with Crippen LogP contribution in [0.15, 0.2) is 36.7 Å². The molecule has 0 aliphatic carbocycles. The quantitative estimate of drug-likeness (QED) is 0.741. The molecule has 0 unspecified atom stereocenters. The number of aromatic nitrogens is 3. The Bertz CT molecular complexity index is 926. The van der Waals surface area contributed by atoms with Gasteiger partial charge in [-0.2, -0.15) is 0 Å². The van der Waals surface area contributed by atoms with Gasteiger partial charge in [0.15, 0.2) is 5.69 Å². The minimum absolute atomic E-state index is 0.141. The molecule has 0 fully saturated rings. The van der Waals surface area contributed by atoms with E-state index in [1.54, 1.807) is 19.5 Å². The third-order valence-corrected chi connectivity index (χ3v) is 3.84. The molecular weight excluding hydrogens is 318 g/mol. The van der Waals surface area contributed by atoms with Gasteiger partial charge in [0.2, 0.25) is 0 Å². The summed E-state index contributed by atoms with van der Waals surface area (Å²) in [6.07, 6.45) is 4.18. The number of fused-ring (bicyclic) bond motifs is 1. The highest BCUT2D eigenvalue weighted by molar-refractivity contribution is 6.07. The Hall–Kier alpha value is -3.22. The SMILES string of the molecule is CCCNC(=O)c1nnc2c(-c3cncc(OC)c3)cccc2c1N. The number of carbonyl (C=O) groups is 1. The van der Waals surface area contributed by atoms with Gasteiger partial charge < -0.3 is 15.8 Å². The van der Waals surface area contributed by atoms with Crippen molar-refractivity contribution in [3.05, 3.63) is 42.4 Å². The molecule has 0 radical (unpaired) electrons. The second-order valence-corrected chi connectivity index (χ2v) is 5.53. The van der Waals surface area contributed by atoms with Crippen LogP contribution >= 0.6 is 0 Å². The number of nitrogens with zero attached hydrogens (tertiary/aromatic N) is 3. The van der Waals surface area contributed by atoms with Gasteiger partial charge in [0.1, 0.15) is 11.3 Å². The summed E-state index contributed by atoms with van der Waals surface area (Å²) in [5.74, 6) is 0.327. The average molecular weight is 337 g/mol. The Labute approximate surface area is 145 Å². The molecule has 0 bridgehead atoms. The minimum atomic E-state index is -0.317. The van der Waals surface area contributed by atoms with Crippen molar-refractivity contribution in [3.8, 4) is 16.9 Å². The van der Waals surface area contributed by atoms with Crippen molar-refractivity contribution in [2.45, 2.75) is 13.3 Å². The van der Waals surface area contributed by atoms with Crippen molar-refractivity contribution >= 4 is 22.5 Å². The lowest BCUT2D eigenvalue weighted by atomic mass is 10.0. The molecule has 3 N–H and O–H groups in total. The predicted octanol–water partition coefficient (Wildman–Crippen LogP) is 2.42. The number of nitrogen functional groups attached to an aromatic ring is 1. The normalized spacial score (nSPS) is 10.6. The Balaban J connectivity index is 2.11. The number of methoxy groups -OCH3 is 1. The van der Waals surface area contributed by atoms with E-state index >= 15 is 0 Å². The van der Waals surface area contributed by atoms with Gasteiger partial charge in [-0.15, -0.1) is 10.2 Å². The second kappa shape index (κ2) is 7.12. The fourth-order valence-corrected chi connectivity index (χ4v) is 2.55. The number of hydrogen-bond acceptors (Lipinski definition) is 6. The van der Waals surface area contributed by atoms with Gasteiger partial charge in [0.25, 0.3) is 5.91 Å². The Morgan fingerprint density at radius 3 is 2.88 bits per heavy atom. The third-order valence-electron chi connectivity index (χ3n) is 3.84. The first-order valence-corrected chi connectivity index (χ1v) is 7.98. The van der Waals surface area contributed by atoms with Gasteiger partial charge in [0.05, 0.1) is 19.0 Å². The van der Waals surface area contributed by atoms with E-state index in [1.165, 1.54) is 0 Å². The molecule has 7 nitrogen and oxygen atoms in total. The standard InChI is InChI=1S/C18H19N5O2/c1-3-7-21-18(24)17-15(19)14-6-4-5-13(16(14)22-23-17)11-8-12(25-2)10-20-9-11/h4-6,8-10H,3,7H2,1-2H3,(H2,19,22)(H,21,24). The second-order valence-electron chi connectivity index (χ2n) is 5.53. The maximum atomic E-state index is 12.2. The van der Waals surface area contributed by atoms with Crippen molar-refractivity contribution in [2.24, 2.45) is 0 Å². The summed E-state index contributed by atoms with van der Waals surface area (Å²) >= 11 is 0. The maximum Gasteiger partial charge on any atom is 0.273 e. The van der Waals surface area contributed by atoms with Crippen molar-refractivity contribution in [3.63, 3.8) is 0 Å². The molecule has 0 aliphatic rings. The molecule has 0 spiro atoms. The number of anilines is 1. The molecule has 2 aromatic heterocycles. The van der Waals surface area contributed by atoms with Crippen LogP contribution in [0.3, 0.4) is 0 Å². The molecule has 128 valence electrons. The van der Waals surface area contributed by atoms with Gasteiger partial charge in [-0.3, -0.25) is 9.78 Å². The predicted molar refractivity (Wildman–Crippen MR) is 96.4 cm³/mol. The van der Waals surface area contributed by atoms with Gasteiger partial charge >= 0.3 is 0 Å². The van der Waals surface area contributed by atoms with E-state index in [4.69, 9.17) is 10.5 Å². The maximum absolute atomic E-state index is 12.2. The van der Waals surface area contributed by atoms with E-state index in [2.05, 4.69) is 20.5 Å². The summed E-state index contributed by atoms with van der Waals surface area (Å²) in [6, 6.07) is 7.46. The molecule has 3 aromatic rings. The molecule has 25 heavy (non-hydrogen) atoms. The van der Waals surface area contributed by atoms with Gasteiger partial charge in [-0.1, -0.05) is 25.1 Å². The number of benzene rings is 1. The number of amides is 1. The molecule has 0 aliphatic heterocycles. The summed E-state index contributed by atoms with van der Waals surface area (Å²) in [7, 11) is 1.59. The molecule has 3 rings (SSSR count). The van der Waals surface area contributed by atoms with Crippen molar-refractivity contribution in [1.82, 2.24) is 20.5 Å². The van der Waals surface area contributed by atoms with Crippen LogP contribution in [-0.4, -0.2) is 34.7 Å². The van der Waals surface area contributed by atoms with Crippen LogP contribution in [-0.2, 0) is 0 Å². The lowest BCUT2D eigenvalue weighted by Gasteiger charge is -2.11. The van der Waals surface area contributed by atoms with Gasteiger partial charge in [-0.05, 0) is 12.5 Å². The Morgan fingerprint density at radius 2 is 2.12 bits per heavy atom. The van der Waals surface area contributed by atoms with Crippen LogP contribution in [0.5, 0.6) is 5.75 Å². The number of nitrogens with one attached hydrogen (secondary N) is 1. The highest BCUT2D eigenvalue weighted by Crippen LogP contribution is 2.31. The fraction of sp³-hybridized carbons (Fsp3) is 0.222. The lowest BCUT2D eigenvalue weighted by molar-refractivity contribution is 0.0949. The number of rotatable bonds is 5. The molecule has 2 heterocycles. The number of ether oxygens (including phenoxy) is 1. The molecule has 1 aromatic carbocycles. The smallest absolute Gasteiger partial charge is 0.273 e. The molecule has 1 amide bonds. The van der Waals surface area contributed by atoms with Crippen LogP contribution in [0.4, 0.5) is 5.69 Å². The number of hydrogen-bond donors (Lipinski definition) is 2. The van der Waals surface area contributed by atoms with E-state index in [1.807, 2.05) is 31.2 Å². The first-order chi connectivity index (χ1) is 12.2. The van der Waals surface area contributed by atoms with Crippen molar-refractivity contribution in [1.29, 1.82) is 0 Å². The summed E-state index contributed by atoms with van der Waals surface area (Å²) < 4.78 is 5.22. The highest BCUT2D eigenvalue weighted by atomic mass is 16.5. The van der Waals surface area contributed by atoms with Crippen LogP contribution < -0.4 is 15.8 Å². The van der Waals surface area contributed by atoms with E-state index < -0.39 is 0 Å². The number of carbonyl (C=O) groups excluding carboxylic acids is 1. The molecular formula is C18H19N5O2. The first kappa shape index (κ1) is 16.6.